The molecule has 1 fully saturated rings. The third-order valence-electron chi connectivity index (χ3n) is 6.17. The van der Waals surface area contributed by atoms with E-state index in [1.807, 2.05) is 11.6 Å². The summed E-state index contributed by atoms with van der Waals surface area (Å²) in [6.07, 6.45) is 6.53. The number of hydrogen-bond acceptors (Lipinski definition) is 2. The van der Waals surface area contributed by atoms with E-state index in [2.05, 4.69) is 67.7 Å². The van der Waals surface area contributed by atoms with E-state index in [-0.39, 0.29) is 11.9 Å². The average molecular weight is 402 g/mol. The lowest BCUT2D eigenvalue weighted by Crippen LogP contribution is -2.37. The Balaban J connectivity index is 1.69. The fraction of sp³-hybridized carbons (Fsp3) is 0.385. The first-order chi connectivity index (χ1) is 14.5. The van der Waals surface area contributed by atoms with Crippen molar-refractivity contribution in [2.75, 3.05) is 0 Å². The van der Waals surface area contributed by atoms with Gasteiger partial charge in [0.1, 0.15) is 0 Å². The molecule has 30 heavy (non-hydrogen) atoms. The molecule has 156 valence electrons. The smallest absolute Gasteiger partial charge is 0.287 e. The highest BCUT2D eigenvalue weighted by Gasteiger charge is 2.24. The number of carbonyl (C=O) groups is 1. The minimum Gasteiger partial charge on any atom is -0.347 e. The number of amides is 1. The molecule has 0 atom stereocenters. The Morgan fingerprint density at radius 1 is 0.967 bits per heavy atom. The van der Waals surface area contributed by atoms with Crippen molar-refractivity contribution in [3.8, 4) is 11.3 Å². The maximum atomic E-state index is 13.1. The first kappa shape index (κ1) is 20.4. The van der Waals surface area contributed by atoms with E-state index in [0.29, 0.717) is 5.82 Å². The van der Waals surface area contributed by atoms with Crippen LogP contribution >= 0.6 is 0 Å². The largest absolute Gasteiger partial charge is 0.347 e. The van der Waals surface area contributed by atoms with Gasteiger partial charge in [-0.25, -0.2) is 4.98 Å². The van der Waals surface area contributed by atoms with Gasteiger partial charge in [-0.2, -0.15) is 0 Å². The van der Waals surface area contributed by atoms with Crippen LogP contribution in [-0.2, 0) is 13.5 Å². The van der Waals surface area contributed by atoms with E-state index in [1.54, 1.807) is 0 Å². The van der Waals surface area contributed by atoms with Crippen molar-refractivity contribution in [2.24, 2.45) is 7.05 Å². The standard InChI is InChI=1S/C26H31N3O/c1-18-9-13-20(14-10-18)17-23-24(21-15-11-19(2)12-16-21)28-25(29(23)3)26(30)27-22-7-5-4-6-8-22/h9-16,22H,4-8,17H2,1-3H3,(H,27,30). The zero-order valence-electron chi connectivity index (χ0n) is 18.2. The Morgan fingerprint density at radius 3 is 2.20 bits per heavy atom. The van der Waals surface area contributed by atoms with Crippen LogP contribution in [0.2, 0.25) is 0 Å². The van der Waals surface area contributed by atoms with Gasteiger partial charge < -0.3 is 9.88 Å². The second-order valence-electron chi connectivity index (χ2n) is 8.63. The maximum Gasteiger partial charge on any atom is 0.287 e. The lowest BCUT2D eigenvalue weighted by Gasteiger charge is -2.22. The van der Waals surface area contributed by atoms with Crippen molar-refractivity contribution >= 4 is 5.91 Å². The minimum absolute atomic E-state index is 0.0621. The highest BCUT2D eigenvalue weighted by Crippen LogP contribution is 2.27. The second-order valence-corrected chi connectivity index (χ2v) is 8.63. The molecule has 3 aromatic rings. The van der Waals surface area contributed by atoms with Gasteiger partial charge in [0, 0.05) is 25.1 Å². The topological polar surface area (TPSA) is 46.9 Å². The number of aromatic nitrogens is 2. The highest BCUT2D eigenvalue weighted by atomic mass is 16.2. The molecule has 0 aliphatic heterocycles. The molecule has 0 radical (unpaired) electrons. The molecule has 0 saturated heterocycles. The first-order valence-corrected chi connectivity index (χ1v) is 11.0. The Hall–Kier alpha value is -2.88. The van der Waals surface area contributed by atoms with E-state index < -0.39 is 0 Å². The van der Waals surface area contributed by atoms with Crippen LogP contribution in [0, 0.1) is 13.8 Å². The summed E-state index contributed by atoms with van der Waals surface area (Å²) >= 11 is 0. The Morgan fingerprint density at radius 2 is 1.57 bits per heavy atom. The number of rotatable bonds is 5. The van der Waals surface area contributed by atoms with Crippen LogP contribution in [0.1, 0.15) is 65.1 Å². The maximum absolute atomic E-state index is 13.1. The third kappa shape index (κ3) is 4.48. The van der Waals surface area contributed by atoms with Gasteiger partial charge in [-0.05, 0) is 32.3 Å². The van der Waals surface area contributed by atoms with E-state index >= 15 is 0 Å². The predicted octanol–water partition coefficient (Wildman–Crippen LogP) is 5.36. The van der Waals surface area contributed by atoms with Crippen LogP contribution in [-0.4, -0.2) is 21.5 Å². The van der Waals surface area contributed by atoms with Gasteiger partial charge in [-0.3, -0.25) is 4.79 Å². The fourth-order valence-electron chi connectivity index (χ4n) is 4.28. The number of nitrogens with one attached hydrogen (secondary N) is 1. The van der Waals surface area contributed by atoms with E-state index in [0.717, 1.165) is 36.2 Å². The zero-order chi connectivity index (χ0) is 21.1. The molecule has 1 aliphatic rings. The first-order valence-electron chi connectivity index (χ1n) is 11.0. The van der Waals surface area contributed by atoms with E-state index in [1.165, 1.54) is 36.0 Å². The summed E-state index contributed by atoms with van der Waals surface area (Å²) in [6.45, 7) is 4.18. The molecule has 1 amide bonds. The van der Waals surface area contributed by atoms with Crippen LogP contribution in [0.4, 0.5) is 0 Å². The van der Waals surface area contributed by atoms with Crippen LogP contribution in [0.5, 0.6) is 0 Å². The average Bonchev–Trinajstić information content (AvgIpc) is 3.07. The summed E-state index contributed by atoms with van der Waals surface area (Å²) in [7, 11) is 1.96. The summed E-state index contributed by atoms with van der Waals surface area (Å²) in [5, 5.41) is 3.23. The van der Waals surface area contributed by atoms with Gasteiger partial charge in [-0.15, -0.1) is 0 Å². The molecule has 4 rings (SSSR count). The molecule has 2 aromatic carbocycles. The number of aryl methyl sites for hydroxylation is 2. The lowest BCUT2D eigenvalue weighted by atomic mass is 9.95. The molecule has 0 unspecified atom stereocenters. The van der Waals surface area contributed by atoms with Crippen LogP contribution in [0.25, 0.3) is 11.3 Å². The number of imidazole rings is 1. The normalized spacial score (nSPS) is 14.6. The molecule has 0 spiro atoms. The molecule has 1 aliphatic carbocycles. The zero-order valence-corrected chi connectivity index (χ0v) is 18.2. The molecule has 1 heterocycles. The van der Waals surface area contributed by atoms with Crippen molar-refractivity contribution in [3.05, 3.63) is 76.7 Å². The van der Waals surface area contributed by atoms with Gasteiger partial charge in [-0.1, -0.05) is 78.9 Å². The summed E-state index contributed by atoms with van der Waals surface area (Å²) < 4.78 is 1.98. The molecule has 4 nitrogen and oxygen atoms in total. The van der Waals surface area contributed by atoms with Crippen molar-refractivity contribution in [3.63, 3.8) is 0 Å². The predicted molar refractivity (Wildman–Crippen MR) is 122 cm³/mol. The quantitative estimate of drug-likeness (QED) is 0.626. The molecule has 1 N–H and O–H groups in total. The van der Waals surface area contributed by atoms with Gasteiger partial charge in [0.2, 0.25) is 0 Å². The minimum atomic E-state index is -0.0621. The molecule has 0 bridgehead atoms. The Labute approximate surface area is 179 Å². The molecular formula is C26H31N3O. The van der Waals surface area contributed by atoms with Gasteiger partial charge >= 0.3 is 0 Å². The summed E-state index contributed by atoms with van der Waals surface area (Å²) in [5.74, 6) is 0.436. The number of nitrogens with zero attached hydrogens (tertiary/aromatic N) is 2. The summed E-state index contributed by atoms with van der Waals surface area (Å²) in [5.41, 5.74) is 6.69. The second kappa shape index (κ2) is 8.86. The summed E-state index contributed by atoms with van der Waals surface area (Å²) in [4.78, 5) is 17.9. The number of carbonyl (C=O) groups excluding carboxylic acids is 1. The SMILES string of the molecule is Cc1ccc(Cc2c(-c3ccc(C)cc3)nc(C(=O)NC3CCCCC3)n2C)cc1. The van der Waals surface area contributed by atoms with Crippen molar-refractivity contribution in [1.82, 2.24) is 14.9 Å². The van der Waals surface area contributed by atoms with Crippen molar-refractivity contribution in [1.29, 1.82) is 0 Å². The van der Waals surface area contributed by atoms with Gasteiger partial charge in [0.15, 0.2) is 5.82 Å². The van der Waals surface area contributed by atoms with Gasteiger partial charge in [0.25, 0.3) is 5.91 Å². The Bertz CT molecular complexity index is 1010. The van der Waals surface area contributed by atoms with Crippen molar-refractivity contribution in [2.45, 2.75) is 58.4 Å². The molecule has 4 heteroatoms. The highest BCUT2D eigenvalue weighted by molar-refractivity contribution is 5.92. The Kier molecular flexibility index (Phi) is 6.03. The van der Waals surface area contributed by atoms with E-state index in [9.17, 15) is 4.79 Å². The molecule has 1 saturated carbocycles. The van der Waals surface area contributed by atoms with E-state index in [4.69, 9.17) is 4.98 Å². The number of hydrogen-bond donors (Lipinski definition) is 1. The summed E-state index contributed by atoms with van der Waals surface area (Å²) in [6, 6.07) is 17.2. The van der Waals surface area contributed by atoms with Crippen LogP contribution in [0.3, 0.4) is 0 Å². The monoisotopic (exact) mass is 401 g/mol. The third-order valence-corrected chi connectivity index (χ3v) is 6.17. The van der Waals surface area contributed by atoms with Crippen LogP contribution in [0.15, 0.2) is 48.5 Å². The molecular weight excluding hydrogens is 370 g/mol. The van der Waals surface area contributed by atoms with Gasteiger partial charge in [0.05, 0.1) is 11.4 Å². The fourth-order valence-corrected chi connectivity index (χ4v) is 4.28. The lowest BCUT2D eigenvalue weighted by molar-refractivity contribution is 0.0914. The van der Waals surface area contributed by atoms with Crippen molar-refractivity contribution < 1.29 is 4.79 Å². The van der Waals surface area contributed by atoms with Crippen LogP contribution < -0.4 is 5.32 Å². The molecule has 1 aromatic heterocycles. The number of benzene rings is 2.